The molecule has 0 bridgehead atoms. The summed E-state index contributed by atoms with van der Waals surface area (Å²) in [5.74, 6) is -0.0273. The van der Waals surface area contributed by atoms with Crippen LogP contribution in [0.1, 0.15) is 65.9 Å². The Balaban J connectivity index is 1.77. The number of benzene rings is 3. The third kappa shape index (κ3) is 3.19. The number of aromatic hydroxyl groups is 2. The molecule has 2 N–H and O–H groups in total. The average Bonchev–Trinajstić information content (AvgIpc) is 3.08. The molecule has 3 aliphatic rings. The molecule has 0 aromatic heterocycles. The van der Waals surface area contributed by atoms with E-state index in [1.54, 1.807) is 66.0 Å². The van der Waals surface area contributed by atoms with E-state index >= 15 is 0 Å². The highest BCUT2D eigenvalue weighted by Crippen LogP contribution is 2.54. The molecule has 0 aliphatic heterocycles. The molecule has 0 saturated carbocycles. The van der Waals surface area contributed by atoms with E-state index < -0.39 is 10.8 Å². The van der Waals surface area contributed by atoms with Gasteiger partial charge >= 0.3 is 0 Å². The lowest BCUT2D eigenvalue weighted by molar-refractivity contribution is -0.122. The highest BCUT2D eigenvalue weighted by molar-refractivity contribution is 6.38. The van der Waals surface area contributed by atoms with Gasteiger partial charge in [0.05, 0.1) is 17.9 Å². The number of rotatable bonds is 1. The third-order valence-electron chi connectivity index (χ3n) is 8.85. The molecule has 0 heterocycles. The Labute approximate surface area is 232 Å². The minimum absolute atomic E-state index is 0.0463. The predicted octanol–water partition coefficient (Wildman–Crippen LogP) is 6.31. The Morgan fingerprint density at radius 2 is 1.43 bits per heavy atom. The second-order valence-corrected chi connectivity index (χ2v) is 12.0. The highest BCUT2D eigenvalue weighted by Gasteiger charge is 2.49. The Morgan fingerprint density at radius 3 is 2.10 bits per heavy atom. The zero-order valence-electron chi connectivity index (χ0n) is 23.6. The zero-order chi connectivity index (χ0) is 29.0. The third-order valence-corrected chi connectivity index (χ3v) is 8.85. The number of carbonyl (C=O) groups excluding carboxylic acids is 3. The number of methoxy groups -OCH3 is 1. The maximum atomic E-state index is 14.2. The van der Waals surface area contributed by atoms with Crippen molar-refractivity contribution >= 4 is 39.3 Å². The Bertz CT molecular complexity index is 1860. The second-order valence-electron chi connectivity index (χ2n) is 12.0. The molecule has 0 saturated heterocycles. The van der Waals surface area contributed by atoms with Gasteiger partial charge in [-0.2, -0.15) is 0 Å². The zero-order valence-corrected chi connectivity index (χ0v) is 23.6. The standard InChI is InChI=1S/C34H30O6/c1-15-8-19-17(11-25(15)35)18-10-22(31(38)33(3,4)23(18)13-26(19)36)30-29-21-12-28(40-7)16(2)9-20(21)27(37)14-24(29)34(5,6)32(30)39/h8-14,35,37H,1-7H3. The van der Waals surface area contributed by atoms with Crippen molar-refractivity contribution in [1.29, 1.82) is 0 Å². The summed E-state index contributed by atoms with van der Waals surface area (Å²) in [4.78, 5) is 41.6. The maximum absolute atomic E-state index is 14.2. The molecule has 0 fully saturated rings. The van der Waals surface area contributed by atoms with Crippen LogP contribution in [0.2, 0.25) is 0 Å². The molecule has 3 aromatic rings. The van der Waals surface area contributed by atoms with Crippen LogP contribution in [-0.4, -0.2) is 34.7 Å². The fourth-order valence-corrected chi connectivity index (χ4v) is 6.41. The van der Waals surface area contributed by atoms with Gasteiger partial charge < -0.3 is 14.9 Å². The van der Waals surface area contributed by atoms with E-state index in [1.165, 1.54) is 6.08 Å². The normalized spacial score (nSPS) is 20.6. The second kappa shape index (κ2) is 8.04. The Hall–Kier alpha value is -4.45. The van der Waals surface area contributed by atoms with Crippen LogP contribution in [-0.2, 0) is 15.0 Å². The number of phenolic OH excluding ortho intramolecular Hbond substituents is 2. The lowest BCUT2D eigenvalue weighted by Crippen LogP contribution is -2.35. The van der Waals surface area contributed by atoms with E-state index in [-0.39, 0.29) is 40.0 Å². The molecular formula is C34H30O6. The van der Waals surface area contributed by atoms with Gasteiger partial charge in [-0.3, -0.25) is 14.4 Å². The first kappa shape index (κ1) is 25.8. The lowest BCUT2D eigenvalue weighted by Gasteiger charge is -2.36. The van der Waals surface area contributed by atoms with Crippen LogP contribution >= 0.6 is 0 Å². The SMILES string of the molecule is COc1cc2c3c(cc(O)c2cc1C)C(C)(C)C(=O)C3=C1C=C2C(=CC(=O)c3cc(C)c(O)cc32)C(C)(C)C1=O. The molecule has 0 unspecified atom stereocenters. The van der Waals surface area contributed by atoms with Gasteiger partial charge in [0.2, 0.25) is 0 Å². The summed E-state index contributed by atoms with van der Waals surface area (Å²) in [5, 5.41) is 22.7. The number of Topliss-reactive ketones (excluding diaryl/α,β-unsaturated/α-hetero) is 2. The average molecular weight is 535 g/mol. The molecule has 6 heteroatoms. The molecule has 0 atom stereocenters. The van der Waals surface area contributed by atoms with Crippen molar-refractivity contribution in [3.63, 3.8) is 0 Å². The molecule has 0 spiro atoms. The molecule has 3 aliphatic carbocycles. The largest absolute Gasteiger partial charge is 0.508 e. The van der Waals surface area contributed by atoms with E-state index in [4.69, 9.17) is 4.74 Å². The number of aryl methyl sites for hydroxylation is 2. The fraction of sp³-hybridized carbons (Fsp3) is 0.265. The van der Waals surface area contributed by atoms with Gasteiger partial charge in [-0.15, -0.1) is 0 Å². The number of fused-ring (bicyclic) bond motifs is 6. The van der Waals surface area contributed by atoms with Crippen LogP contribution < -0.4 is 4.74 Å². The van der Waals surface area contributed by atoms with Crippen molar-refractivity contribution in [2.24, 2.45) is 5.41 Å². The molecule has 0 radical (unpaired) electrons. The molecule has 6 rings (SSSR count). The van der Waals surface area contributed by atoms with E-state index in [1.807, 2.05) is 19.1 Å². The highest BCUT2D eigenvalue weighted by atomic mass is 16.5. The van der Waals surface area contributed by atoms with Gasteiger partial charge in [-0.1, -0.05) is 0 Å². The van der Waals surface area contributed by atoms with E-state index in [0.29, 0.717) is 55.5 Å². The minimum atomic E-state index is -1.12. The summed E-state index contributed by atoms with van der Waals surface area (Å²) < 4.78 is 5.58. The topological polar surface area (TPSA) is 101 Å². The van der Waals surface area contributed by atoms with Gasteiger partial charge in [0.25, 0.3) is 0 Å². The van der Waals surface area contributed by atoms with Crippen molar-refractivity contribution in [3.8, 4) is 17.2 Å². The van der Waals surface area contributed by atoms with Crippen molar-refractivity contribution in [2.75, 3.05) is 7.11 Å². The van der Waals surface area contributed by atoms with Crippen molar-refractivity contribution < 1.29 is 29.3 Å². The number of allylic oxidation sites excluding steroid dienone is 6. The van der Waals surface area contributed by atoms with Crippen molar-refractivity contribution in [1.82, 2.24) is 0 Å². The Kier molecular flexibility index (Phi) is 5.19. The smallest absolute Gasteiger partial charge is 0.186 e. The van der Waals surface area contributed by atoms with E-state index in [2.05, 4.69) is 0 Å². The van der Waals surface area contributed by atoms with Gasteiger partial charge in [-0.25, -0.2) is 0 Å². The number of ketones is 3. The quantitative estimate of drug-likeness (QED) is 0.355. The monoisotopic (exact) mass is 534 g/mol. The molecule has 202 valence electrons. The van der Waals surface area contributed by atoms with E-state index in [9.17, 15) is 24.6 Å². The van der Waals surface area contributed by atoms with Gasteiger partial charge in [0.1, 0.15) is 17.2 Å². The summed E-state index contributed by atoms with van der Waals surface area (Å²) in [5.41, 5.74) is 3.21. The summed E-state index contributed by atoms with van der Waals surface area (Å²) in [6, 6.07) is 8.47. The van der Waals surface area contributed by atoms with Crippen LogP contribution in [0, 0.1) is 19.3 Å². The first-order valence-corrected chi connectivity index (χ1v) is 13.2. The number of carbonyl (C=O) groups is 3. The number of hydrogen-bond acceptors (Lipinski definition) is 6. The van der Waals surface area contributed by atoms with Crippen LogP contribution in [0.5, 0.6) is 17.2 Å². The molecule has 6 nitrogen and oxygen atoms in total. The molecular weight excluding hydrogens is 504 g/mol. The van der Waals surface area contributed by atoms with Crippen molar-refractivity contribution in [2.45, 2.75) is 47.0 Å². The summed E-state index contributed by atoms with van der Waals surface area (Å²) in [7, 11) is 1.57. The number of ether oxygens (including phenoxy) is 1. The minimum Gasteiger partial charge on any atom is -0.508 e. The maximum Gasteiger partial charge on any atom is 0.186 e. The van der Waals surface area contributed by atoms with Crippen LogP contribution in [0.3, 0.4) is 0 Å². The van der Waals surface area contributed by atoms with Gasteiger partial charge in [0, 0.05) is 22.1 Å². The van der Waals surface area contributed by atoms with Crippen LogP contribution in [0.15, 0.2) is 53.6 Å². The lowest BCUT2D eigenvalue weighted by atomic mass is 9.64. The fourth-order valence-electron chi connectivity index (χ4n) is 6.41. The van der Waals surface area contributed by atoms with E-state index in [0.717, 1.165) is 5.56 Å². The summed E-state index contributed by atoms with van der Waals surface area (Å²) >= 11 is 0. The number of phenols is 2. The number of hydrogen-bond donors (Lipinski definition) is 2. The first-order chi connectivity index (χ1) is 18.7. The summed E-state index contributed by atoms with van der Waals surface area (Å²) in [6.07, 6.45) is 3.20. The predicted molar refractivity (Wildman–Crippen MR) is 154 cm³/mol. The first-order valence-electron chi connectivity index (χ1n) is 13.2. The Morgan fingerprint density at radius 1 is 0.725 bits per heavy atom. The molecule has 0 amide bonds. The molecule has 40 heavy (non-hydrogen) atoms. The summed E-state index contributed by atoms with van der Waals surface area (Å²) in [6.45, 7) is 10.7. The van der Waals surface area contributed by atoms with Crippen LogP contribution in [0.4, 0.5) is 0 Å². The van der Waals surface area contributed by atoms with Crippen LogP contribution in [0.25, 0.3) is 21.9 Å². The molecule has 3 aromatic carbocycles. The van der Waals surface area contributed by atoms with Gasteiger partial charge in [-0.05, 0) is 128 Å². The van der Waals surface area contributed by atoms with Gasteiger partial charge in [0.15, 0.2) is 17.3 Å². The van der Waals surface area contributed by atoms with Crippen molar-refractivity contribution in [3.05, 3.63) is 87.0 Å².